The van der Waals surface area contributed by atoms with Gasteiger partial charge in [0.15, 0.2) is 17.3 Å². The summed E-state index contributed by atoms with van der Waals surface area (Å²) < 4.78 is 31.6. The number of rotatable bonds is 6. The number of nitrogens with zero attached hydrogens (tertiary/aromatic N) is 2. The number of carbonyl (C=O) groups is 2. The number of aromatic nitrogens is 1. The average Bonchev–Trinajstić information content (AvgIpc) is 3.00. The number of carbonyl (C=O) groups excluding carboxylic acids is 2. The second-order valence-corrected chi connectivity index (χ2v) is 8.35. The molecule has 0 radical (unpaired) electrons. The van der Waals surface area contributed by atoms with E-state index in [0.29, 0.717) is 28.2 Å². The Bertz CT molecular complexity index is 1150. The minimum atomic E-state index is -3.87. The summed E-state index contributed by atoms with van der Waals surface area (Å²) in [5.41, 5.74) is 2.10. The van der Waals surface area contributed by atoms with Crippen molar-refractivity contribution in [2.45, 2.75) is 18.7 Å². The first-order chi connectivity index (χ1) is 13.2. The van der Waals surface area contributed by atoms with E-state index in [4.69, 9.17) is 4.42 Å². The van der Waals surface area contributed by atoms with Crippen molar-refractivity contribution in [3.05, 3.63) is 53.9 Å². The van der Waals surface area contributed by atoms with Crippen LogP contribution in [0.5, 0.6) is 0 Å². The van der Waals surface area contributed by atoms with Crippen LogP contribution < -0.4 is 5.32 Å². The fourth-order valence-corrected chi connectivity index (χ4v) is 3.78. The highest BCUT2D eigenvalue weighted by molar-refractivity contribution is 7.89. The molecule has 0 aliphatic heterocycles. The number of benzene rings is 2. The first kappa shape index (κ1) is 19.7. The van der Waals surface area contributed by atoms with Crippen molar-refractivity contribution >= 4 is 38.5 Å². The van der Waals surface area contributed by atoms with Crippen LogP contribution in [0.25, 0.3) is 11.1 Å². The molecule has 0 saturated carbocycles. The van der Waals surface area contributed by atoms with Crippen LogP contribution >= 0.6 is 0 Å². The van der Waals surface area contributed by atoms with Gasteiger partial charge in [-0.1, -0.05) is 12.1 Å². The first-order valence-electron chi connectivity index (χ1n) is 8.41. The minimum Gasteiger partial charge on any atom is -0.441 e. The quantitative estimate of drug-likeness (QED) is 0.636. The molecule has 0 bridgehead atoms. The number of hydrogen-bond donors (Lipinski definition) is 1. The van der Waals surface area contributed by atoms with E-state index in [1.807, 2.05) is 0 Å². The van der Waals surface area contributed by atoms with E-state index in [1.54, 1.807) is 25.1 Å². The topological polar surface area (TPSA) is 110 Å². The van der Waals surface area contributed by atoms with Crippen LogP contribution in [-0.4, -0.2) is 43.0 Å². The molecule has 0 atom stereocenters. The van der Waals surface area contributed by atoms with E-state index >= 15 is 0 Å². The smallest absolute Gasteiger partial charge is 0.243 e. The molecule has 0 unspecified atom stereocenters. The fourth-order valence-electron chi connectivity index (χ4n) is 2.65. The molecule has 1 aromatic heterocycles. The number of hydrogen-bond acceptors (Lipinski definition) is 6. The highest BCUT2D eigenvalue weighted by Gasteiger charge is 2.23. The molecule has 2 aromatic carbocycles. The van der Waals surface area contributed by atoms with Crippen LogP contribution in [0.15, 0.2) is 51.8 Å². The molecule has 9 heteroatoms. The molecule has 1 heterocycles. The van der Waals surface area contributed by atoms with Crippen molar-refractivity contribution in [2.24, 2.45) is 0 Å². The van der Waals surface area contributed by atoms with Crippen LogP contribution in [0.4, 0.5) is 5.69 Å². The molecule has 0 fully saturated rings. The van der Waals surface area contributed by atoms with Gasteiger partial charge in [-0.15, -0.1) is 0 Å². The highest BCUT2D eigenvalue weighted by Crippen LogP contribution is 2.20. The molecule has 1 N–H and O–H groups in total. The van der Waals surface area contributed by atoms with Gasteiger partial charge in [-0.3, -0.25) is 9.59 Å². The van der Waals surface area contributed by atoms with Crippen LogP contribution in [0.3, 0.4) is 0 Å². The SMILES string of the molecule is CC(=O)c1ccc(S(=O)(=O)N(C)CC(=O)Nc2ccc3oc(C)nc3c2)cc1. The maximum Gasteiger partial charge on any atom is 0.243 e. The summed E-state index contributed by atoms with van der Waals surface area (Å²) in [6, 6.07) is 10.6. The lowest BCUT2D eigenvalue weighted by Crippen LogP contribution is -2.35. The number of amides is 1. The number of oxazole rings is 1. The van der Waals surface area contributed by atoms with Gasteiger partial charge < -0.3 is 9.73 Å². The number of anilines is 1. The zero-order valence-electron chi connectivity index (χ0n) is 15.6. The number of aryl methyl sites for hydroxylation is 1. The Kier molecular flexibility index (Phi) is 5.30. The van der Waals surface area contributed by atoms with Gasteiger partial charge in [-0.25, -0.2) is 13.4 Å². The molecule has 3 rings (SSSR count). The van der Waals surface area contributed by atoms with Gasteiger partial charge in [0.1, 0.15) is 5.52 Å². The van der Waals surface area contributed by atoms with Crippen LogP contribution in [0.2, 0.25) is 0 Å². The number of sulfonamides is 1. The second-order valence-electron chi connectivity index (χ2n) is 6.31. The van der Waals surface area contributed by atoms with Crippen molar-refractivity contribution in [3.63, 3.8) is 0 Å². The van der Waals surface area contributed by atoms with E-state index in [1.165, 1.54) is 38.2 Å². The van der Waals surface area contributed by atoms with Gasteiger partial charge in [-0.2, -0.15) is 4.31 Å². The van der Waals surface area contributed by atoms with Crippen molar-refractivity contribution in [1.82, 2.24) is 9.29 Å². The molecule has 3 aromatic rings. The fraction of sp³-hybridized carbons (Fsp3) is 0.211. The number of fused-ring (bicyclic) bond motifs is 1. The maximum atomic E-state index is 12.6. The largest absolute Gasteiger partial charge is 0.441 e. The molecule has 0 aliphatic carbocycles. The third-order valence-electron chi connectivity index (χ3n) is 4.11. The van der Waals surface area contributed by atoms with E-state index < -0.39 is 15.9 Å². The summed E-state index contributed by atoms with van der Waals surface area (Å²) in [6.07, 6.45) is 0. The van der Waals surface area contributed by atoms with Gasteiger partial charge in [-0.05, 0) is 37.3 Å². The number of Topliss-reactive ketones (excluding diaryl/α,β-unsaturated/α-hetero) is 1. The van der Waals surface area contributed by atoms with Gasteiger partial charge in [0.25, 0.3) is 0 Å². The molecule has 28 heavy (non-hydrogen) atoms. The van der Waals surface area contributed by atoms with Gasteiger partial charge in [0.05, 0.1) is 11.4 Å². The van der Waals surface area contributed by atoms with Crippen LogP contribution in [-0.2, 0) is 14.8 Å². The van der Waals surface area contributed by atoms with E-state index in [2.05, 4.69) is 10.3 Å². The Morgan fingerprint density at radius 3 is 2.46 bits per heavy atom. The molecular weight excluding hydrogens is 382 g/mol. The Morgan fingerprint density at radius 2 is 1.82 bits per heavy atom. The summed E-state index contributed by atoms with van der Waals surface area (Å²) in [5.74, 6) is -0.137. The molecule has 0 spiro atoms. The number of ketones is 1. The minimum absolute atomic E-state index is 0.00675. The van der Waals surface area contributed by atoms with Crippen molar-refractivity contribution < 1.29 is 22.4 Å². The molecular formula is C19H19N3O5S. The Balaban J connectivity index is 1.70. The monoisotopic (exact) mass is 401 g/mol. The van der Waals surface area contributed by atoms with Gasteiger partial charge in [0, 0.05) is 25.2 Å². The third kappa shape index (κ3) is 4.10. The molecule has 0 saturated heterocycles. The maximum absolute atomic E-state index is 12.6. The normalized spacial score (nSPS) is 11.7. The van der Waals surface area contributed by atoms with E-state index in [-0.39, 0.29) is 17.2 Å². The van der Waals surface area contributed by atoms with Crippen molar-refractivity contribution in [3.8, 4) is 0 Å². The number of nitrogens with one attached hydrogen (secondary N) is 1. The lowest BCUT2D eigenvalue weighted by molar-refractivity contribution is -0.116. The standard InChI is InChI=1S/C19H19N3O5S/c1-12(23)14-4-7-16(8-5-14)28(25,26)22(3)11-19(24)21-15-6-9-18-17(10-15)20-13(2)27-18/h4-10H,11H2,1-3H3,(H,21,24). The average molecular weight is 401 g/mol. The Morgan fingerprint density at radius 1 is 1.14 bits per heavy atom. The van der Waals surface area contributed by atoms with Crippen molar-refractivity contribution in [2.75, 3.05) is 18.9 Å². The summed E-state index contributed by atoms with van der Waals surface area (Å²) >= 11 is 0. The molecule has 0 aliphatic rings. The predicted molar refractivity (Wildman–Crippen MR) is 104 cm³/mol. The van der Waals surface area contributed by atoms with E-state index in [0.717, 1.165) is 4.31 Å². The summed E-state index contributed by atoms with van der Waals surface area (Å²) in [7, 11) is -2.55. The second kappa shape index (κ2) is 7.53. The Labute approximate surface area is 162 Å². The first-order valence-corrected chi connectivity index (χ1v) is 9.85. The Hall–Kier alpha value is -3.04. The lowest BCUT2D eigenvalue weighted by Gasteiger charge is -2.17. The molecule has 146 valence electrons. The van der Waals surface area contributed by atoms with Gasteiger partial charge in [0.2, 0.25) is 15.9 Å². The van der Waals surface area contributed by atoms with E-state index in [9.17, 15) is 18.0 Å². The zero-order valence-corrected chi connectivity index (χ0v) is 16.4. The lowest BCUT2D eigenvalue weighted by atomic mass is 10.2. The zero-order chi connectivity index (χ0) is 20.5. The van der Waals surface area contributed by atoms with Crippen LogP contribution in [0, 0.1) is 6.92 Å². The molecule has 8 nitrogen and oxygen atoms in total. The number of likely N-dealkylation sites (N-methyl/N-ethyl adjacent to an activating group) is 1. The predicted octanol–water partition coefficient (Wildman–Crippen LogP) is 2.60. The van der Waals surface area contributed by atoms with Crippen LogP contribution in [0.1, 0.15) is 23.2 Å². The highest BCUT2D eigenvalue weighted by atomic mass is 32.2. The molecule has 1 amide bonds. The summed E-state index contributed by atoms with van der Waals surface area (Å²) in [4.78, 5) is 27.8. The summed E-state index contributed by atoms with van der Waals surface area (Å²) in [5, 5.41) is 2.65. The van der Waals surface area contributed by atoms with Gasteiger partial charge >= 0.3 is 0 Å². The van der Waals surface area contributed by atoms with Crippen molar-refractivity contribution in [1.29, 1.82) is 0 Å². The summed E-state index contributed by atoms with van der Waals surface area (Å²) in [6.45, 7) is 2.76. The third-order valence-corrected chi connectivity index (χ3v) is 5.93.